The topological polar surface area (TPSA) is 38.0 Å². The van der Waals surface area contributed by atoms with Gasteiger partial charge < -0.3 is 5.11 Å². The summed E-state index contributed by atoms with van der Waals surface area (Å²) in [4.78, 5) is 0. The highest BCUT2D eigenvalue weighted by Crippen LogP contribution is 2.19. The van der Waals surface area contributed by atoms with Crippen LogP contribution in [0.15, 0.2) is 30.6 Å². The first-order valence-corrected chi connectivity index (χ1v) is 5.84. The Morgan fingerprint density at radius 3 is 2.75 bits per heavy atom. The van der Waals surface area contributed by atoms with Gasteiger partial charge in [0.05, 0.1) is 15.9 Å². The number of halogens is 2. The second-order valence-electron chi connectivity index (χ2n) is 3.49. The summed E-state index contributed by atoms with van der Waals surface area (Å²) < 4.78 is 16.1. The maximum absolute atomic E-state index is 13.7. The Bertz CT molecular complexity index is 510. The van der Waals surface area contributed by atoms with Crippen molar-refractivity contribution < 1.29 is 9.50 Å². The van der Waals surface area contributed by atoms with E-state index < -0.39 is 11.9 Å². The first kappa shape index (κ1) is 11.5. The van der Waals surface area contributed by atoms with Gasteiger partial charge in [-0.15, -0.1) is 0 Å². The van der Waals surface area contributed by atoms with Crippen molar-refractivity contribution in [3.8, 4) is 5.69 Å². The fraction of sp³-hybridized carbons (Fsp3) is 0.182. The molecule has 3 nitrogen and oxygen atoms in total. The molecule has 2 rings (SSSR count). The van der Waals surface area contributed by atoms with Crippen LogP contribution in [0.2, 0.25) is 0 Å². The molecule has 0 unspecified atom stereocenters. The fourth-order valence-corrected chi connectivity index (χ4v) is 1.79. The summed E-state index contributed by atoms with van der Waals surface area (Å²) in [7, 11) is 0. The van der Waals surface area contributed by atoms with E-state index in [0.29, 0.717) is 11.3 Å². The zero-order valence-corrected chi connectivity index (χ0v) is 10.7. The van der Waals surface area contributed by atoms with Crippen molar-refractivity contribution in [1.29, 1.82) is 0 Å². The lowest BCUT2D eigenvalue weighted by molar-refractivity contribution is 0.199. The maximum Gasteiger partial charge on any atom is 0.149 e. The highest BCUT2D eigenvalue weighted by molar-refractivity contribution is 14.1. The smallest absolute Gasteiger partial charge is 0.149 e. The van der Waals surface area contributed by atoms with E-state index in [-0.39, 0.29) is 0 Å². The van der Waals surface area contributed by atoms with E-state index in [1.165, 1.54) is 10.7 Å². The van der Waals surface area contributed by atoms with Crippen molar-refractivity contribution in [3.05, 3.63) is 45.5 Å². The number of rotatable bonds is 2. The molecule has 1 N–H and O–H groups in total. The largest absolute Gasteiger partial charge is 0.389 e. The van der Waals surface area contributed by atoms with Crippen LogP contribution >= 0.6 is 22.6 Å². The zero-order valence-electron chi connectivity index (χ0n) is 8.56. The quantitative estimate of drug-likeness (QED) is 0.859. The van der Waals surface area contributed by atoms with E-state index >= 15 is 0 Å². The summed E-state index contributed by atoms with van der Waals surface area (Å²) in [6.07, 6.45) is 2.73. The molecule has 0 aliphatic carbocycles. The van der Waals surface area contributed by atoms with E-state index in [9.17, 15) is 9.50 Å². The van der Waals surface area contributed by atoms with Gasteiger partial charge in [-0.1, -0.05) is 6.07 Å². The number of hydrogen-bond acceptors (Lipinski definition) is 2. The Hall–Kier alpha value is -0.950. The van der Waals surface area contributed by atoms with Crippen LogP contribution in [-0.4, -0.2) is 14.9 Å². The van der Waals surface area contributed by atoms with Gasteiger partial charge in [-0.25, -0.2) is 9.07 Å². The van der Waals surface area contributed by atoms with Crippen LogP contribution in [0.25, 0.3) is 5.69 Å². The summed E-state index contributed by atoms with van der Waals surface area (Å²) in [5.74, 6) is -0.391. The summed E-state index contributed by atoms with van der Waals surface area (Å²) in [5.41, 5.74) is 0.940. The number of aliphatic hydroxyl groups excluding tert-OH is 1. The lowest BCUT2D eigenvalue weighted by Crippen LogP contribution is -2.00. The monoisotopic (exact) mass is 332 g/mol. The van der Waals surface area contributed by atoms with Crippen molar-refractivity contribution in [3.63, 3.8) is 0 Å². The van der Waals surface area contributed by atoms with Gasteiger partial charge in [-0.2, -0.15) is 5.10 Å². The van der Waals surface area contributed by atoms with E-state index in [1.54, 1.807) is 31.5 Å². The molecule has 84 valence electrons. The summed E-state index contributed by atoms with van der Waals surface area (Å²) in [5, 5.41) is 13.4. The van der Waals surface area contributed by atoms with Gasteiger partial charge in [0.2, 0.25) is 0 Å². The first-order valence-electron chi connectivity index (χ1n) is 4.76. The number of benzene rings is 1. The second-order valence-corrected chi connectivity index (χ2v) is 4.74. The molecule has 0 fully saturated rings. The van der Waals surface area contributed by atoms with Gasteiger partial charge in [0, 0.05) is 6.20 Å². The molecule has 0 saturated carbocycles. The lowest BCUT2D eigenvalue weighted by Gasteiger charge is -2.07. The third kappa shape index (κ3) is 2.25. The molecule has 0 aliphatic heterocycles. The Morgan fingerprint density at radius 2 is 2.25 bits per heavy atom. The van der Waals surface area contributed by atoms with Gasteiger partial charge in [-0.3, -0.25) is 0 Å². The van der Waals surface area contributed by atoms with E-state index in [4.69, 9.17) is 0 Å². The number of aromatic nitrogens is 2. The van der Waals surface area contributed by atoms with Crippen LogP contribution in [0.5, 0.6) is 0 Å². The molecule has 16 heavy (non-hydrogen) atoms. The predicted molar refractivity (Wildman–Crippen MR) is 66.9 cm³/mol. The standard InChI is InChI=1S/C11H10FIN2O/c1-7(16)8-2-3-11(10(12)4-8)15-6-9(13)5-14-15/h2-7,16H,1H3/t7-/m1/s1. The van der Waals surface area contributed by atoms with Crippen LogP contribution in [0.1, 0.15) is 18.6 Å². The Morgan fingerprint density at radius 1 is 1.50 bits per heavy atom. The minimum Gasteiger partial charge on any atom is -0.389 e. The molecule has 1 aromatic carbocycles. The van der Waals surface area contributed by atoms with Crippen molar-refractivity contribution >= 4 is 22.6 Å². The molecule has 1 atom stereocenters. The van der Waals surface area contributed by atoms with Crippen molar-refractivity contribution in [1.82, 2.24) is 9.78 Å². The average molecular weight is 332 g/mol. The van der Waals surface area contributed by atoms with Gasteiger partial charge >= 0.3 is 0 Å². The minimum atomic E-state index is -0.665. The zero-order chi connectivity index (χ0) is 11.7. The van der Waals surface area contributed by atoms with Gasteiger partial charge in [0.1, 0.15) is 11.5 Å². The van der Waals surface area contributed by atoms with Gasteiger partial charge in [0.15, 0.2) is 0 Å². The SMILES string of the molecule is C[C@@H](O)c1ccc(-n2cc(I)cn2)c(F)c1. The van der Waals surface area contributed by atoms with Crippen molar-refractivity contribution in [2.45, 2.75) is 13.0 Å². The molecule has 1 aromatic heterocycles. The third-order valence-corrected chi connectivity index (χ3v) is 2.81. The molecule has 0 bridgehead atoms. The maximum atomic E-state index is 13.7. The molecule has 0 aliphatic rings. The number of aliphatic hydroxyl groups is 1. The van der Waals surface area contributed by atoms with Crippen molar-refractivity contribution in [2.24, 2.45) is 0 Å². The van der Waals surface area contributed by atoms with Crippen LogP contribution in [0, 0.1) is 9.39 Å². The van der Waals surface area contributed by atoms with E-state index in [2.05, 4.69) is 27.7 Å². The van der Waals surface area contributed by atoms with Crippen LogP contribution in [0.3, 0.4) is 0 Å². The lowest BCUT2D eigenvalue weighted by atomic mass is 10.1. The second kappa shape index (κ2) is 4.50. The molecule has 5 heteroatoms. The summed E-state index contributed by atoms with van der Waals surface area (Å²) >= 11 is 2.11. The van der Waals surface area contributed by atoms with Crippen LogP contribution < -0.4 is 0 Å². The van der Waals surface area contributed by atoms with E-state index in [0.717, 1.165) is 3.57 Å². The van der Waals surface area contributed by atoms with Crippen molar-refractivity contribution in [2.75, 3.05) is 0 Å². The Labute approximate surface area is 106 Å². The number of nitrogens with zero attached hydrogens (tertiary/aromatic N) is 2. The molecule has 2 aromatic rings. The molecular weight excluding hydrogens is 322 g/mol. The number of hydrogen-bond donors (Lipinski definition) is 1. The van der Waals surface area contributed by atoms with Gasteiger partial charge in [-0.05, 0) is 47.2 Å². The molecule has 0 amide bonds. The van der Waals surface area contributed by atoms with E-state index in [1.807, 2.05) is 0 Å². The van der Waals surface area contributed by atoms with Crippen LogP contribution in [0.4, 0.5) is 4.39 Å². The normalized spacial score (nSPS) is 12.8. The average Bonchev–Trinajstić information content (AvgIpc) is 2.64. The van der Waals surface area contributed by atoms with Crippen LogP contribution in [-0.2, 0) is 0 Å². The molecule has 0 radical (unpaired) electrons. The Balaban J connectivity index is 2.44. The third-order valence-electron chi connectivity index (χ3n) is 2.25. The molecule has 0 saturated heterocycles. The summed E-state index contributed by atoms with van der Waals surface area (Å²) in [6, 6.07) is 4.63. The van der Waals surface area contributed by atoms with Gasteiger partial charge in [0.25, 0.3) is 0 Å². The molecule has 1 heterocycles. The fourth-order valence-electron chi connectivity index (χ4n) is 1.40. The predicted octanol–water partition coefficient (Wildman–Crippen LogP) is 2.67. The highest BCUT2D eigenvalue weighted by Gasteiger charge is 2.09. The molecular formula is C11H10FIN2O. The first-order chi connectivity index (χ1) is 7.58. The molecule has 0 spiro atoms. The minimum absolute atomic E-state index is 0.382. The Kier molecular flexibility index (Phi) is 3.25. The summed E-state index contributed by atoms with van der Waals surface area (Å²) in [6.45, 7) is 1.60. The highest BCUT2D eigenvalue weighted by atomic mass is 127.